The number of hydrogen-bond donors (Lipinski definition) is 0. The van der Waals surface area contributed by atoms with E-state index in [2.05, 4.69) is 5.10 Å². The number of halogens is 2. The van der Waals surface area contributed by atoms with Crippen LogP contribution in [0.1, 0.15) is 17.5 Å². The molecule has 0 saturated carbocycles. The number of hydrazone groups is 1. The minimum Gasteiger partial charge on any atom is -0.493 e. The van der Waals surface area contributed by atoms with E-state index in [9.17, 15) is 13.6 Å². The molecule has 9 heteroatoms. The summed E-state index contributed by atoms with van der Waals surface area (Å²) in [7, 11) is 1.54. The number of nitrogens with zero attached hydrogens (tertiary/aromatic N) is 2. The third-order valence-corrected chi connectivity index (χ3v) is 6.29. The second kappa shape index (κ2) is 8.71. The van der Waals surface area contributed by atoms with E-state index in [1.165, 1.54) is 16.8 Å². The highest BCUT2D eigenvalue weighted by atomic mass is 32.2. The Hall–Kier alpha value is -2.49. The number of carbonyl (C=O) groups is 1. The molecule has 2 aromatic rings. The van der Waals surface area contributed by atoms with Crippen LogP contribution in [-0.4, -0.2) is 49.5 Å². The van der Waals surface area contributed by atoms with E-state index in [1.807, 2.05) is 24.3 Å². The van der Waals surface area contributed by atoms with Crippen LogP contribution < -0.4 is 4.74 Å². The fourth-order valence-electron chi connectivity index (χ4n) is 3.46. The van der Waals surface area contributed by atoms with Gasteiger partial charge < -0.3 is 14.2 Å². The quantitative estimate of drug-likeness (QED) is 0.652. The second-order valence-corrected chi connectivity index (χ2v) is 8.03. The molecule has 0 radical (unpaired) electrons. The Balaban J connectivity index is 1.73. The highest BCUT2D eigenvalue weighted by Crippen LogP contribution is 2.54. The van der Waals surface area contributed by atoms with Crippen molar-refractivity contribution in [1.29, 1.82) is 0 Å². The number of amides is 1. The summed E-state index contributed by atoms with van der Waals surface area (Å²) in [6, 6.07) is 10.5. The van der Waals surface area contributed by atoms with Crippen molar-refractivity contribution < 1.29 is 27.8 Å². The number of para-hydroxylation sites is 1. The van der Waals surface area contributed by atoms with Crippen molar-refractivity contribution in [3.05, 3.63) is 65.2 Å². The van der Waals surface area contributed by atoms with Crippen molar-refractivity contribution in [3.63, 3.8) is 0 Å². The Morgan fingerprint density at radius 3 is 2.93 bits per heavy atom. The maximum atomic E-state index is 14.5. The molecule has 1 unspecified atom stereocenters. The highest BCUT2D eigenvalue weighted by Gasteiger charge is 2.51. The molecule has 0 aromatic heterocycles. The zero-order chi connectivity index (χ0) is 21.1. The monoisotopic (exact) mass is 434 g/mol. The van der Waals surface area contributed by atoms with Crippen molar-refractivity contribution in [2.45, 2.75) is 11.3 Å². The molecule has 4 rings (SSSR count). The molecule has 1 atom stereocenters. The number of thioether (sulfide) groups is 1. The van der Waals surface area contributed by atoms with Crippen LogP contribution in [0.2, 0.25) is 0 Å². The number of hydrogen-bond acceptors (Lipinski definition) is 6. The van der Waals surface area contributed by atoms with E-state index < -0.39 is 16.5 Å². The lowest BCUT2D eigenvalue weighted by molar-refractivity contribution is -0.140. The molecule has 0 aliphatic carbocycles. The van der Waals surface area contributed by atoms with Gasteiger partial charge in [-0.2, -0.15) is 5.10 Å². The lowest BCUT2D eigenvalue weighted by atomic mass is 9.99. The van der Waals surface area contributed by atoms with Crippen molar-refractivity contribution >= 4 is 22.7 Å². The first-order valence-electron chi connectivity index (χ1n) is 9.40. The number of carbonyl (C=O) groups excluding carboxylic acids is 1. The number of methoxy groups -OCH3 is 1. The Morgan fingerprint density at radius 1 is 1.27 bits per heavy atom. The van der Waals surface area contributed by atoms with Gasteiger partial charge in [0.15, 0.2) is 0 Å². The summed E-state index contributed by atoms with van der Waals surface area (Å²) in [5, 5.41) is 5.98. The van der Waals surface area contributed by atoms with Crippen molar-refractivity contribution in [3.8, 4) is 5.75 Å². The lowest BCUT2D eigenvalue weighted by Gasteiger charge is -2.39. The summed E-state index contributed by atoms with van der Waals surface area (Å²) < 4.78 is 44.3. The molecule has 0 N–H and O–H groups in total. The summed E-state index contributed by atoms with van der Waals surface area (Å²) >= 11 is 1.22. The number of fused-ring (bicyclic) bond motifs is 2. The predicted octanol–water partition coefficient (Wildman–Crippen LogP) is 3.50. The Morgan fingerprint density at radius 2 is 2.10 bits per heavy atom. The molecule has 2 aromatic carbocycles. The molecular formula is C21H20F2N2O4S. The highest BCUT2D eigenvalue weighted by molar-refractivity contribution is 8.15. The topological polar surface area (TPSA) is 60.4 Å². The van der Waals surface area contributed by atoms with Gasteiger partial charge in [-0.3, -0.25) is 4.79 Å². The van der Waals surface area contributed by atoms with Crippen LogP contribution >= 0.6 is 11.8 Å². The summed E-state index contributed by atoms with van der Waals surface area (Å²) in [5.41, 5.74) is 0.765. The average molecular weight is 434 g/mol. The van der Waals surface area contributed by atoms with Gasteiger partial charge in [0.1, 0.15) is 33.9 Å². The minimum atomic E-state index is -0.926. The van der Waals surface area contributed by atoms with Gasteiger partial charge >= 0.3 is 0 Å². The van der Waals surface area contributed by atoms with Crippen LogP contribution in [0, 0.1) is 11.6 Å². The van der Waals surface area contributed by atoms with E-state index in [4.69, 9.17) is 14.2 Å². The maximum Gasteiger partial charge on any atom is 0.270 e. The molecule has 158 valence electrons. The van der Waals surface area contributed by atoms with Gasteiger partial charge in [-0.1, -0.05) is 30.0 Å². The molecule has 2 heterocycles. The predicted molar refractivity (Wildman–Crippen MR) is 108 cm³/mol. The summed E-state index contributed by atoms with van der Waals surface area (Å²) in [6.07, 6.45) is 0.433. The average Bonchev–Trinajstić information content (AvgIpc) is 3.13. The lowest BCUT2D eigenvalue weighted by Crippen LogP contribution is -2.46. The Kier molecular flexibility index (Phi) is 6.03. The zero-order valence-corrected chi connectivity index (χ0v) is 17.1. The Bertz CT molecular complexity index is 987. The first kappa shape index (κ1) is 20.8. The van der Waals surface area contributed by atoms with E-state index in [0.717, 1.165) is 23.8 Å². The van der Waals surface area contributed by atoms with Crippen LogP contribution in [0.4, 0.5) is 8.78 Å². The van der Waals surface area contributed by atoms with E-state index in [0.29, 0.717) is 25.4 Å². The van der Waals surface area contributed by atoms with Crippen LogP contribution in [0.15, 0.2) is 47.6 Å². The van der Waals surface area contributed by atoms with E-state index in [1.54, 1.807) is 7.11 Å². The summed E-state index contributed by atoms with van der Waals surface area (Å²) in [4.78, 5) is 12.1. The molecule has 0 bridgehead atoms. The molecule has 1 spiro atoms. The van der Waals surface area contributed by atoms with Gasteiger partial charge in [-0.05, 0) is 24.3 Å². The van der Waals surface area contributed by atoms with Gasteiger partial charge in [-0.15, -0.1) is 0 Å². The van der Waals surface area contributed by atoms with Gasteiger partial charge in [0.05, 0.1) is 19.8 Å². The number of benzene rings is 2. The summed E-state index contributed by atoms with van der Waals surface area (Å²) in [6.45, 7) is 0.752. The zero-order valence-electron chi connectivity index (χ0n) is 16.3. The molecule has 1 amide bonds. The van der Waals surface area contributed by atoms with Crippen LogP contribution in [0.5, 0.6) is 5.75 Å². The first-order chi connectivity index (χ1) is 14.5. The third-order valence-electron chi connectivity index (χ3n) is 4.86. The molecule has 30 heavy (non-hydrogen) atoms. The molecule has 2 aliphatic rings. The van der Waals surface area contributed by atoms with Crippen LogP contribution in [0.25, 0.3) is 0 Å². The smallest absolute Gasteiger partial charge is 0.270 e. The van der Waals surface area contributed by atoms with Gasteiger partial charge in [-0.25, -0.2) is 13.8 Å². The van der Waals surface area contributed by atoms with Crippen LogP contribution in [0.3, 0.4) is 0 Å². The van der Waals surface area contributed by atoms with Gasteiger partial charge in [0, 0.05) is 24.7 Å². The molecule has 0 fully saturated rings. The van der Waals surface area contributed by atoms with Crippen molar-refractivity contribution in [2.24, 2.45) is 5.10 Å². The first-order valence-corrected chi connectivity index (χ1v) is 10.2. The Labute approximate surface area is 176 Å². The third kappa shape index (κ3) is 3.80. The largest absolute Gasteiger partial charge is 0.493 e. The summed E-state index contributed by atoms with van der Waals surface area (Å²) in [5.74, 6) is -0.944. The normalized spacial score (nSPS) is 20.1. The van der Waals surface area contributed by atoms with Gasteiger partial charge in [0.2, 0.25) is 0 Å². The van der Waals surface area contributed by atoms with Crippen LogP contribution in [-0.2, 0) is 19.1 Å². The standard InChI is InChI=1S/C21H20F2N2O4S/c1-27-10-11-28-13-19(26)25-21(8-9-29-18-5-3-2-4-16(18)21)30-20(24-25)15-12-14(22)6-7-17(15)23/h2-7,12H,8-11,13H2,1H3. The van der Waals surface area contributed by atoms with E-state index in [-0.39, 0.29) is 29.7 Å². The SMILES string of the molecule is COCCOCC(=O)N1N=C(c2cc(F)ccc2F)SC12CCOc1ccccc12. The number of rotatable bonds is 6. The molecular weight excluding hydrogens is 414 g/mol. The van der Waals surface area contributed by atoms with E-state index >= 15 is 0 Å². The fourth-order valence-corrected chi connectivity index (χ4v) is 4.86. The van der Waals surface area contributed by atoms with Gasteiger partial charge in [0.25, 0.3) is 5.91 Å². The maximum absolute atomic E-state index is 14.5. The second-order valence-electron chi connectivity index (χ2n) is 6.76. The van der Waals surface area contributed by atoms with Crippen molar-refractivity contribution in [2.75, 3.05) is 33.5 Å². The fraction of sp³-hybridized carbons (Fsp3) is 0.333. The van der Waals surface area contributed by atoms with Crippen molar-refractivity contribution in [1.82, 2.24) is 5.01 Å². The molecule has 2 aliphatic heterocycles. The number of ether oxygens (including phenoxy) is 3. The minimum absolute atomic E-state index is 0.0129. The molecule has 6 nitrogen and oxygen atoms in total. The molecule has 0 saturated heterocycles.